The maximum absolute atomic E-state index is 12.1. The molecule has 0 saturated carbocycles. The van der Waals surface area contributed by atoms with Crippen LogP contribution >= 0.6 is 11.8 Å². The fraction of sp³-hybridized carbons (Fsp3) is 0.188. The Morgan fingerprint density at radius 2 is 1.96 bits per heavy atom. The molecule has 120 valence electrons. The summed E-state index contributed by atoms with van der Waals surface area (Å²) in [7, 11) is 2.84. The number of rotatable bonds is 6. The maximum atomic E-state index is 12.1. The first-order valence-electron chi connectivity index (χ1n) is 6.74. The van der Waals surface area contributed by atoms with Crippen LogP contribution in [-0.4, -0.2) is 36.8 Å². The van der Waals surface area contributed by atoms with Crippen LogP contribution in [0.2, 0.25) is 0 Å². The van der Waals surface area contributed by atoms with E-state index in [4.69, 9.17) is 9.47 Å². The second-order valence-corrected chi connectivity index (χ2v) is 5.35. The van der Waals surface area contributed by atoms with Gasteiger partial charge in [0.25, 0.3) is 0 Å². The quantitative estimate of drug-likeness (QED) is 0.647. The van der Waals surface area contributed by atoms with Gasteiger partial charge in [-0.15, -0.1) is 0 Å². The van der Waals surface area contributed by atoms with Crippen LogP contribution in [0, 0.1) is 0 Å². The molecule has 2 rings (SSSR count). The molecule has 0 saturated heterocycles. The zero-order valence-electron chi connectivity index (χ0n) is 12.7. The molecule has 0 atom stereocenters. The zero-order valence-corrected chi connectivity index (χ0v) is 13.6. The Hall–Kier alpha value is -2.54. The standard InChI is InChI=1S/C16H16N2O4S/c1-21-13-8-4-3-7-12(13)18-14(19)10-23-15-11(16(20)22-2)6-5-9-17-15/h3-9H,10H2,1-2H3,(H,18,19). The van der Waals surface area contributed by atoms with E-state index in [-0.39, 0.29) is 11.7 Å². The summed E-state index contributed by atoms with van der Waals surface area (Å²) >= 11 is 1.17. The number of esters is 1. The van der Waals surface area contributed by atoms with Gasteiger partial charge in [-0.3, -0.25) is 4.79 Å². The van der Waals surface area contributed by atoms with Crippen molar-refractivity contribution in [3.63, 3.8) is 0 Å². The Bertz CT molecular complexity index is 706. The molecule has 7 heteroatoms. The van der Waals surface area contributed by atoms with Crippen molar-refractivity contribution in [1.29, 1.82) is 0 Å². The van der Waals surface area contributed by atoms with Crippen LogP contribution in [0.3, 0.4) is 0 Å². The number of para-hydroxylation sites is 2. The van der Waals surface area contributed by atoms with Crippen LogP contribution in [0.25, 0.3) is 0 Å². The molecule has 0 spiro atoms. The summed E-state index contributed by atoms with van der Waals surface area (Å²) < 4.78 is 9.88. The molecule has 1 aromatic carbocycles. The van der Waals surface area contributed by atoms with Crippen molar-refractivity contribution in [2.75, 3.05) is 25.3 Å². The normalized spacial score (nSPS) is 10.0. The van der Waals surface area contributed by atoms with Gasteiger partial charge in [0.05, 0.1) is 31.2 Å². The molecule has 0 aliphatic rings. The third-order valence-corrected chi connectivity index (χ3v) is 3.90. The predicted molar refractivity (Wildman–Crippen MR) is 87.9 cm³/mol. The van der Waals surface area contributed by atoms with Gasteiger partial charge in [-0.1, -0.05) is 23.9 Å². The summed E-state index contributed by atoms with van der Waals surface area (Å²) in [5.74, 6) is -0.00960. The minimum atomic E-state index is -0.481. The van der Waals surface area contributed by atoms with Gasteiger partial charge in [-0.25, -0.2) is 9.78 Å². The third-order valence-electron chi connectivity index (χ3n) is 2.90. The van der Waals surface area contributed by atoms with E-state index in [0.29, 0.717) is 22.0 Å². The number of methoxy groups -OCH3 is 2. The molecule has 0 unspecified atom stereocenters. The number of hydrogen-bond donors (Lipinski definition) is 1. The third kappa shape index (κ3) is 4.46. The fourth-order valence-electron chi connectivity index (χ4n) is 1.84. The lowest BCUT2D eigenvalue weighted by Crippen LogP contribution is -2.15. The minimum Gasteiger partial charge on any atom is -0.495 e. The van der Waals surface area contributed by atoms with Gasteiger partial charge >= 0.3 is 5.97 Å². The monoisotopic (exact) mass is 332 g/mol. The molecule has 1 heterocycles. The van der Waals surface area contributed by atoms with E-state index in [1.807, 2.05) is 6.07 Å². The SMILES string of the molecule is COC(=O)c1cccnc1SCC(=O)Nc1ccccc1OC. The van der Waals surface area contributed by atoms with Crippen LogP contribution in [0.1, 0.15) is 10.4 Å². The number of nitrogens with one attached hydrogen (secondary N) is 1. The highest BCUT2D eigenvalue weighted by Gasteiger charge is 2.15. The second-order valence-electron chi connectivity index (χ2n) is 4.38. The summed E-state index contributed by atoms with van der Waals surface area (Å²) in [5, 5.41) is 3.22. The molecule has 1 N–H and O–H groups in total. The maximum Gasteiger partial charge on any atom is 0.340 e. The summed E-state index contributed by atoms with van der Waals surface area (Å²) in [6.07, 6.45) is 1.56. The minimum absolute atomic E-state index is 0.110. The molecule has 1 amide bonds. The van der Waals surface area contributed by atoms with E-state index in [1.54, 1.807) is 36.5 Å². The molecule has 0 aliphatic carbocycles. The summed E-state index contributed by atoms with van der Waals surface area (Å²) in [6, 6.07) is 10.4. The fourth-order valence-corrected chi connectivity index (χ4v) is 2.62. The number of carbonyl (C=O) groups excluding carboxylic acids is 2. The molecule has 0 radical (unpaired) electrons. The highest BCUT2D eigenvalue weighted by atomic mass is 32.2. The Labute approximate surface area is 138 Å². The highest BCUT2D eigenvalue weighted by molar-refractivity contribution is 8.00. The number of carbonyl (C=O) groups is 2. The zero-order chi connectivity index (χ0) is 16.7. The summed E-state index contributed by atoms with van der Waals surface area (Å²) in [4.78, 5) is 27.9. The van der Waals surface area contributed by atoms with Crippen LogP contribution in [0.5, 0.6) is 5.75 Å². The number of aromatic nitrogens is 1. The summed E-state index contributed by atoms with van der Waals surface area (Å²) in [5.41, 5.74) is 0.930. The number of benzene rings is 1. The number of anilines is 1. The van der Waals surface area contributed by atoms with Gasteiger partial charge < -0.3 is 14.8 Å². The molecule has 1 aromatic heterocycles. The second kappa shape index (κ2) is 8.19. The van der Waals surface area contributed by atoms with Gasteiger partial charge in [-0.05, 0) is 24.3 Å². The number of nitrogens with zero attached hydrogens (tertiary/aromatic N) is 1. The summed E-state index contributed by atoms with van der Waals surface area (Å²) in [6.45, 7) is 0. The number of pyridine rings is 1. The average Bonchev–Trinajstić information content (AvgIpc) is 2.60. The molecule has 2 aromatic rings. The molecule has 0 bridgehead atoms. The van der Waals surface area contributed by atoms with Gasteiger partial charge in [-0.2, -0.15) is 0 Å². The van der Waals surface area contributed by atoms with Crippen LogP contribution in [0.4, 0.5) is 5.69 Å². The number of ether oxygens (including phenoxy) is 2. The van der Waals surface area contributed by atoms with Gasteiger partial charge in [0.2, 0.25) is 5.91 Å². The molecular weight excluding hydrogens is 316 g/mol. The number of amides is 1. The van der Waals surface area contributed by atoms with Crippen molar-refractivity contribution in [2.45, 2.75) is 5.03 Å². The first-order chi connectivity index (χ1) is 11.2. The molecule has 0 aliphatic heterocycles. The van der Waals surface area contributed by atoms with Crippen LogP contribution < -0.4 is 10.1 Å². The lowest BCUT2D eigenvalue weighted by atomic mass is 10.3. The van der Waals surface area contributed by atoms with Crippen molar-refractivity contribution < 1.29 is 19.1 Å². The average molecular weight is 332 g/mol. The number of thioether (sulfide) groups is 1. The van der Waals surface area contributed by atoms with E-state index in [0.717, 1.165) is 0 Å². The van der Waals surface area contributed by atoms with Gasteiger partial charge in [0, 0.05) is 6.20 Å². The van der Waals surface area contributed by atoms with E-state index in [2.05, 4.69) is 10.3 Å². The molecule has 6 nitrogen and oxygen atoms in total. The first-order valence-corrected chi connectivity index (χ1v) is 7.73. The largest absolute Gasteiger partial charge is 0.495 e. The van der Waals surface area contributed by atoms with Crippen molar-refractivity contribution in [3.8, 4) is 5.75 Å². The molecular formula is C16H16N2O4S. The van der Waals surface area contributed by atoms with Gasteiger partial charge in [0.15, 0.2) is 0 Å². The predicted octanol–water partition coefficient (Wildman–Crippen LogP) is 2.61. The van der Waals surface area contributed by atoms with Crippen molar-refractivity contribution in [3.05, 3.63) is 48.2 Å². The number of hydrogen-bond acceptors (Lipinski definition) is 6. The Morgan fingerprint density at radius 3 is 2.70 bits per heavy atom. The molecule has 0 fully saturated rings. The highest BCUT2D eigenvalue weighted by Crippen LogP contribution is 2.24. The van der Waals surface area contributed by atoms with E-state index in [1.165, 1.54) is 26.0 Å². The lowest BCUT2D eigenvalue weighted by molar-refractivity contribution is -0.113. The van der Waals surface area contributed by atoms with Crippen molar-refractivity contribution in [2.24, 2.45) is 0 Å². The lowest BCUT2D eigenvalue weighted by Gasteiger charge is -2.10. The van der Waals surface area contributed by atoms with Crippen LogP contribution in [0.15, 0.2) is 47.6 Å². The smallest absolute Gasteiger partial charge is 0.340 e. The van der Waals surface area contributed by atoms with Crippen LogP contribution in [-0.2, 0) is 9.53 Å². The van der Waals surface area contributed by atoms with E-state index >= 15 is 0 Å². The van der Waals surface area contributed by atoms with Gasteiger partial charge in [0.1, 0.15) is 10.8 Å². The van der Waals surface area contributed by atoms with Crippen molar-refractivity contribution in [1.82, 2.24) is 4.98 Å². The topological polar surface area (TPSA) is 77.5 Å². The first kappa shape index (κ1) is 16.8. The van der Waals surface area contributed by atoms with Crippen molar-refractivity contribution >= 4 is 29.3 Å². The Balaban J connectivity index is 2.01. The van der Waals surface area contributed by atoms with E-state index < -0.39 is 5.97 Å². The Morgan fingerprint density at radius 1 is 1.17 bits per heavy atom. The van der Waals surface area contributed by atoms with E-state index in [9.17, 15) is 9.59 Å². The Kier molecular flexibility index (Phi) is 5.99. The molecule has 23 heavy (non-hydrogen) atoms.